The van der Waals surface area contributed by atoms with Crippen LogP contribution in [0.3, 0.4) is 0 Å². The smallest absolute Gasteiger partial charge is 0.312 e. The first-order chi connectivity index (χ1) is 13.5. The molecule has 2 amide bonds. The van der Waals surface area contributed by atoms with Crippen LogP contribution in [-0.2, 0) is 16.0 Å². The molecule has 1 N–H and O–H groups in total. The summed E-state index contributed by atoms with van der Waals surface area (Å²) >= 11 is 0. The molecule has 5 nitrogen and oxygen atoms in total. The van der Waals surface area contributed by atoms with Crippen molar-refractivity contribution in [1.82, 2.24) is 10.2 Å². The number of carbonyl (C=O) groups excluding carboxylic acids is 2. The molecule has 0 aliphatic carbocycles. The number of hydrogen-bond acceptors (Lipinski definition) is 3. The van der Waals surface area contributed by atoms with Crippen LogP contribution in [0.15, 0.2) is 48.5 Å². The predicted molar refractivity (Wildman–Crippen MR) is 112 cm³/mol. The van der Waals surface area contributed by atoms with E-state index in [1.165, 1.54) is 16.8 Å². The highest BCUT2D eigenvalue weighted by molar-refractivity contribution is 6.35. The Bertz CT molecular complexity index is 824. The van der Waals surface area contributed by atoms with Gasteiger partial charge in [0.05, 0.1) is 6.04 Å². The fraction of sp³-hybridized carbons (Fsp3) is 0.391. The molecule has 1 aliphatic heterocycles. The number of amides is 2. The summed E-state index contributed by atoms with van der Waals surface area (Å²) in [6, 6.07) is 16.3. The van der Waals surface area contributed by atoms with Crippen molar-refractivity contribution in [2.75, 3.05) is 31.1 Å². The Kier molecular flexibility index (Phi) is 6.34. The van der Waals surface area contributed by atoms with Crippen LogP contribution in [0.2, 0.25) is 0 Å². The maximum atomic E-state index is 12.6. The van der Waals surface area contributed by atoms with Crippen molar-refractivity contribution in [1.29, 1.82) is 0 Å². The van der Waals surface area contributed by atoms with E-state index in [9.17, 15) is 9.59 Å². The molecule has 1 fully saturated rings. The zero-order valence-electron chi connectivity index (χ0n) is 16.9. The molecule has 2 aromatic carbocycles. The number of nitrogens with zero attached hydrogens (tertiary/aromatic N) is 2. The number of aryl methyl sites for hydroxylation is 2. The van der Waals surface area contributed by atoms with Crippen LogP contribution in [-0.4, -0.2) is 42.9 Å². The normalized spacial score (nSPS) is 15.2. The van der Waals surface area contributed by atoms with Crippen LogP contribution >= 0.6 is 0 Å². The van der Waals surface area contributed by atoms with Crippen LogP contribution in [0.1, 0.15) is 36.6 Å². The molecule has 28 heavy (non-hydrogen) atoms. The van der Waals surface area contributed by atoms with Gasteiger partial charge in [0.1, 0.15) is 0 Å². The average Bonchev–Trinajstić information content (AvgIpc) is 2.73. The van der Waals surface area contributed by atoms with Crippen molar-refractivity contribution in [2.45, 2.75) is 33.2 Å². The highest BCUT2D eigenvalue weighted by Crippen LogP contribution is 2.18. The second-order valence-electron chi connectivity index (χ2n) is 7.41. The quantitative estimate of drug-likeness (QED) is 0.831. The summed E-state index contributed by atoms with van der Waals surface area (Å²) < 4.78 is 0. The summed E-state index contributed by atoms with van der Waals surface area (Å²) in [6.07, 6.45) is 0.980. The van der Waals surface area contributed by atoms with Gasteiger partial charge >= 0.3 is 11.8 Å². The van der Waals surface area contributed by atoms with Crippen LogP contribution in [0.25, 0.3) is 0 Å². The topological polar surface area (TPSA) is 52.7 Å². The molecule has 1 atom stereocenters. The summed E-state index contributed by atoms with van der Waals surface area (Å²) in [6.45, 7) is 8.66. The highest BCUT2D eigenvalue weighted by atomic mass is 16.2. The van der Waals surface area contributed by atoms with Crippen molar-refractivity contribution < 1.29 is 9.59 Å². The molecular weight excluding hydrogens is 350 g/mol. The SMILES string of the molecule is CCc1ccc(C(C)NC(=O)C(=O)N2CCN(c3cccc(C)c3)CC2)cc1. The third-order valence-electron chi connectivity index (χ3n) is 5.36. The first kappa shape index (κ1) is 19.9. The number of nitrogens with one attached hydrogen (secondary N) is 1. The van der Waals surface area contributed by atoms with Crippen molar-refractivity contribution in [3.05, 3.63) is 65.2 Å². The lowest BCUT2D eigenvalue weighted by Gasteiger charge is -2.36. The average molecular weight is 380 g/mol. The van der Waals surface area contributed by atoms with Gasteiger partial charge in [-0.3, -0.25) is 9.59 Å². The van der Waals surface area contributed by atoms with E-state index in [1.807, 2.05) is 25.1 Å². The Hall–Kier alpha value is -2.82. The minimum Gasteiger partial charge on any atom is -0.368 e. The second-order valence-corrected chi connectivity index (χ2v) is 7.41. The second kappa shape index (κ2) is 8.91. The van der Waals surface area contributed by atoms with Gasteiger partial charge in [0.15, 0.2) is 0 Å². The molecule has 2 aromatic rings. The Balaban J connectivity index is 1.53. The molecular formula is C23H29N3O2. The molecule has 1 unspecified atom stereocenters. The first-order valence-electron chi connectivity index (χ1n) is 9.98. The Morgan fingerprint density at radius 3 is 2.32 bits per heavy atom. The van der Waals surface area contributed by atoms with Gasteiger partial charge in [-0.2, -0.15) is 0 Å². The van der Waals surface area contributed by atoms with E-state index in [4.69, 9.17) is 0 Å². The van der Waals surface area contributed by atoms with Crippen molar-refractivity contribution in [2.24, 2.45) is 0 Å². The van der Waals surface area contributed by atoms with Crippen LogP contribution in [0.5, 0.6) is 0 Å². The van der Waals surface area contributed by atoms with E-state index < -0.39 is 11.8 Å². The Morgan fingerprint density at radius 1 is 1.04 bits per heavy atom. The van der Waals surface area contributed by atoms with Gasteiger partial charge in [-0.1, -0.05) is 43.3 Å². The monoisotopic (exact) mass is 379 g/mol. The number of benzene rings is 2. The standard InChI is InChI=1S/C23H29N3O2/c1-4-19-8-10-20(11-9-19)18(3)24-22(27)23(28)26-14-12-25(13-15-26)21-7-5-6-17(2)16-21/h5-11,16,18H,4,12-15H2,1-3H3,(H,24,27). The number of anilines is 1. The van der Waals surface area contributed by atoms with Crippen molar-refractivity contribution >= 4 is 17.5 Å². The number of piperazine rings is 1. The van der Waals surface area contributed by atoms with Crippen LogP contribution < -0.4 is 10.2 Å². The molecule has 0 bridgehead atoms. The first-order valence-corrected chi connectivity index (χ1v) is 9.98. The van der Waals surface area contributed by atoms with Crippen molar-refractivity contribution in [3.8, 4) is 0 Å². The molecule has 1 saturated heterocycles. The summed E-state index contributed by atoms with van der Waals surface area (Å²) in [5.41, 5.74) is 4.64. The molecule has 1 aliphatic rings. The minimum atomic E-state index is -0.531. The maximum Gasteiger partial charge on any atom is 0.312 e. The largest absolute Gasteiger partial charge is 0.368 e. The molecule has 5 heteroatoms. The lowest BCUT2D eigenvalue weighted by Crippen LogP contribution is -2.52. The third kappa shape index (κ3) is 4.71. The fourth-order valence-corrected chi connectivity index (χ4v) is 3.52. The molecule has 3 rings (SSSR count). The third-order valence-corrected chi connectivity index (χ3v) is 5.36. The Labute approximate surface area is 167 Å². The summed E-state index contributed by atoms with van der Waals surface area (Å²) in [5.74, 6) is -0.975. The van der Waals surface area contributed by atoms with E-state index in [0.29, 0.717) is 13.1 Å². The summed E-state index contributed by atoms with van der Waals surface area (Å²) in [7, 11) is 0. The van der Waals surface area contributed by atoms with Crippen LogP contribution in [0.4, 0.5) is 5.69 Å². The van der Waals surface area contributed by atoms with Gasteiger partial charge in [0, 0.05) is 31.9 Å². The van der Waals surface area contributed by atoms with E-state index in [1.54, 1.807) is 4.90 Å². The summed E-state index contributed by atoms with van der Waals surface area (Å²) in [5, 5.41) is 2.84. The predicted octanol–water partition coefficient (Wildman–Crippen LogP) is 3.08. The van der Waals surface area contributed by atoms with Crippen molar-refractivity contribution in [3.63, 3.8) is 0 Å². The molecule has 0 spiro atoms. The fourth-order valence-electron chi connectivity index (χ4n) is 3.52. The molecule has 0 radical (unpaired) electrons. The maximum absolute atomic E-state index is 12.6. The number of carbonyl (C=O) groups is 2. The molecule has 1 heterocycles. The Morgan fingerprint density at radius 2 is 1.71 bits per heavy atom. The lowest BCUT2D eigenvalue weighted by molar-refractivity contribution is -0.146. The van der Waals surface area contributed by atoms with Gasteiger partial charge in [-0.05, 0) is 49.1 Å². The van der Waals surface area contributed by atoms with E-state index in [-0.39, 0.29) is 6.04 Å². The summed E-state index contributed by atoms with van der Waals surface area (Å²) in [4.78, 5) is 28.9. The lowest BCUT2D eigenvalue weighted by atomic mass is 10.0. The van der Waals surface area contributed by atoms with Gasteiger partial charge in [0.2, 0.25) is 0 Å². The highest BCUT2D eigenvalue weighted by Gasteiger charge is 2.27. The number of hydrogen-bond donors (Lipinski definition) is 1. The van der Waals surface area contributed by atoms with Gasteiger partial charge in [-0.15, -0.1) is 0 Å². The van der Waals surface area contributed by atoms with Crippen LogP contribution in [0, 0.1) is 6.92 Å². The van der Waals surface area contributed by atoms with Gasteiger partial charge in [0.25, 0.3) is 0 Å². The van der Waals surface area contributed by atoms with E-state index in [2.05, 4.69) is 54.4 Å². The molecule has 0 aromatic heterocycles. The molecule has 148 valence electrons. The van der Waals surface area contributed by atoms with E-state index >= 15 is 0 Å². The molecule has 0 saturated carbocycles. The number of rotatable bonds is 4. The van der Waals surface area contributed by atoms with Gasteiger partial charge in [-0.25, -0.2) is 0 Å². The van der Waals surface area contributed by atoms with Gasteiger partial charge < -0.3 is 15.1 Å². The zero-order valence-corrected chi connectivity index (χ0v) is 16.9. The zero-order chi connectivity index (χ0) is 20.1. The van der Waals surface area contributed by atoms with E-state index in [0.717, 1.165) is 25.1 Å². The minimum absolute atomic E-state index is 0.198.